The summed E-state index contributed by atoms with van der Waals surface area (Å²) in [5.74, 6) is 1.55. The first-order valence-electron chi connectivity index (χ1n) is 6.23. The Morgan fingerprint density at radius 1 is 1.00 bits per heavy atom. The summed E-state index contributed by atoms with van der Waals surface area (Å²) in [5.41, 5.74) is 7.46. The molecule has 1 aromatic heterocycles. The number of para-hydroxylation sites is 1. The van der Waals surface area contributed by atoms with Crippen molar-refractivity contribution in [3.8, 4) is 11.5 Å². The summed E-state index contributed by atoms with van der Waals surface area (Å²) in [6.45, 7) is 0. The zero-order valence-electron chi connectivity index (χ0n) is 11.0. The number of ether oxygens (including phenoxy) is 1. The standard InChI is InChI=1S/C16H14N2OS/c1-20-15-7-3-2-6-13(15)19-14-9-8-12(17)11-5-4-10-18-16(11)14/h2-10H,17H2,1H3. The molecule has 0 saturated heterocycles. The third kappa shape index (κ3) is 2.30. The Kier molecular flexibility index (Phi) is 3.48. The van der Waals surface area contributed by atoms with Gasteiger partial charge in [-0.05, 0) is 42.7 Å². The molecule has 100 valence electrons. The molecular formula is C16H14N2OS. The molecule has 3 rings (SSSR count). The molecule has 3 nitrogen and oxygen atoms in total. The van der Waals surface area contributed by atoms with Crippen molar-refractivity contribution >= 4 is 28.4 Å². The lowest BCUT2D eigenvalue weighted by atomic mass is 10.1. The normalized spacial score (nSPS) is 10.7. The number of anilines is 1. The molecule has 0 unspecified atom stereocenters. The van der Waals surface area contributed by atoms with E-state index in [0.717, 1.165) is 27.3 Å². The molecule has 0 aliphatic carbocycles. The first-order chi connectivity index (χ1) is 9.79. The van der Waals surface area contributed by atoms with Crippen molar-refractivity contribution in [2.45, 2.75) is 4.90 Å². The largest absolute Gasteiger partial charge is 0.454 e. The number of benzene rings is 2. The maximum atomic E-state index is 6.03. The van der Waals surface area contributed by atoms with Crippen LogP contribution in [0.1, 0.15) is 0 Å². The van der Waals surface area contributed by atoms with Gasteiger partial charge in [0.15, 0.2) is 5.75 Å². The summed E-state index contributed by atoms with van der Waals surface area (Å²) >= 11 is 1.65. The second-order valence-electron chi connectivity index (χ2n) is 4.31. The lowest BCUT2D eigenvalue weighted by Crippen LogP contribution is -1.93. The van der Waals surface area contributed by atoms with Crippen LogP contribution in [0.3, 0.4) is 0 Å². The van der Waals surface area contributed by atoms with E-state index in [1.54, 1.807) is 18.0 Å². The summed E-state index contributed by atoms with van der Waals surface area (Å²) in [4.78, 5) is 5.47. The monoisotopic (exact) mass is 282 g/mol. The summed E-state index contributed by atoms with van der Waals surface area (Å²) in [6, 6.07) is 15.5. The molecule has 1 heterocycles. The third-order valence-electron chi connectivity index (χ3n) is 3.06. The van der Waals surface area contributed by atoms with Crippen LogP contribution < -0.4 is 10.5 Å². The zero-order chi connectivity index (χ0) is 13.9. The van der Waals surface area contributed by atoms with Crippen molar-refractivity contribution < 1.29 is 4.74 Å². The van der Waals surface area contributed by atoms with E-state index in [1.165, 1.54) is 0 Å². The van der Waals surface area contributed by atoms with Gasteiger partial charge >= 0.3 is 0 Å². The number of pyridine rings is 1. The average molecular weight is 282 g/mol. The van der Waals surface area contributed by atoms with Crippen LogP contribution in [0.15, 0.2) is 59.6 Å². The number of hydrogen-bond donors (Lipinski definition) is 1. The summed E-state index contributed by atoms with van der Waals surface area (Å²) < 4.78 is 6.03. The molecule has 2 aromatic carbocycles. The first kappa shape index (κ1) is 12.8. The summed E-state index contributed by atoms with van der Waals surface area (Å²) in [5, 5.41) is 0.909. The highest BCUT2D eigenvalue weighted by molar-refractivity contribution is 7.98. The van der Waals surface area contributed by atoms with Gasteiger partial charge in [-0.2, -0.15) is 0 Å². The van der Waals surface area contributed by atoms with Crippen molar-refractivity contribution in [2.75, 3.05) is 12.0 Å². The molecule has 0 amide bonds. The highest BCUT2D eigenvalue weighted by Crippen LogP contribution is 2.35. The maximum absolute atomic E-state index is 6.03. The summed E-state index contributed by atoms with van der Waals surface area (Å²) in [7, 11) is 0. The maximum Gasteiger partial charge on any atom is 0.153 e. The number of thioether (sulfide) groups is 1. The average Bonchev–Trinajstić information content (AvgIpc) is 2.51. The van der Waals surface area contributed by atoms with Gasteiger partial charge in [-0.15, -0.1) is 11.8 Å². The molecule has 4 heteroatoms. The van der Waals surface area contributed by atoms with E-state index in [0.29, 0.717) is 5.69 Å². The molecule has 0 fully saturated rings. The molecule has 0 spiro atoms. The van der Waals surface area contributed by atoms with Gasteiger partial charge in [-0.25, -0.2) is 0 Å². The van der Waals surface area contributed by atoms with Gasteiger partial charge in [0.25, 0.3) is 0 Å². The van der Waals surface area contributed by atoms with Crippen molar-refractivity contribution in [3.63, 3.8) is 0 Å². The van der Waals surface area contributed by atoms with Crippen molar-refractivity contribution in [1.29, 1.82) is 0 Å². The molecule has 3 aromatic rings. The molecule has 0 radical (unpaired) electrons. The number of fused-ring (bicyclic) bond motifs is 1. The van der Waals surface area contributed by atoms with Gasteiger partial charge in [0.2, 0.25) is 0 Å². The molecule has 20 heavy (non-hydrogen) atoms. The van der Waals surface area contributed by atoms with Gasteiger partial charge < -0.3 is 10.5 Å². The fraction of sp³-hybridized carbons (Fsp3) is 0.0625. The second kappa shape index (κ2) is 5.43. The Morgan fingerprint density at radius 2 is 1.85 bits per heavy atom. The highest BCUT2D eigenvalue weighted by atomic mass is 32.2. The van der Waals surface area contributed by atoms with E-state index in [-0.39, 0.29) is 0 Å². The number of rotatable bonds is 3. The Morgan fingerprint density at radius 3 is 2.70 bits per heavy atom. The van der Waals surface area contributed by atoms with Gasteiger partial charge in [0.1, 0.15) is 11.3 Å². The molecule has 2 N–H and O–H groups in total. The van der Waals surface area contributed by atoms with Crippen LogP contribution in [0, 0.1) is 0 Å². The van der Waals surface area contributed by atoms with Crippen LogP contribution in [0.2, 0.25) is 0 Å². The van der Waals surface area contributed by atoms with Crippen molar-refractivity contribution in [3.05, 3.63) is 54.7 Å². The van der Waals surface area contributed by atoms with E-state index in [2.05, 4.69) is 4.98 Å². The zero-order valence-corrected chi connectivity index (χ0v) is 11.9. The lowest BCUT2D eigenvalue weighted by Gasteiger charge is -2.12. The molecule has 0 aliphatic rings. The van der Waals surface area contributed by atoms with E-state index < -0.39 is 0 Å². The van der Waals surface area contributed by atoms with Crippen molar-refractivity contribution in [2.24, 2.45) is 0 Å². The van der Waals surface area contributed by atoms with E-state index in [4.69, 9.17) is 10.5 Å². The number of nitrogens with zero attached hydrogens (tertiary/aromatic N) is 1. The van der Waals surface area contributed by atoms with Crippen LogP contribution in [0.5, 0.6) is 11.5 Å². The highest BCUT2D eigenvalue weighted by Gasteiger charge is 2.09. The fourth-order valence-electron chi connectivity index (χ4n) is 2.07. The third-order valence-corrected chi connectivity index (χ3v) is 3.83. The molecule has 0 atom stereocenters. The van der Waals surface area contributed by atoms with Crippen LogP contribution in [-0.2, 0) is 0 Å². The Hall–Kier alpha value is -2.20. The quantitative estimate of drug-likeness (QED) is 0.573. The molecule has 0 saturated carbocycles. The number of hydrogen-bond acceptors (Lipinski definition) is 4. The molecule has 0 bridgehead atoms. The topological polar surface area (TPSA) is 48.1 Å². The fourth-order valence-corrected chi connectivity index (χ4v) is 2.60. The molecule has 0 aliphatic heterocycles. The minimum atomic E-state index is 0.707. The van der Waals surface area contributed by atoms with E-state index >= 15 is 0 Å². The minimum absolute atomic E-state index is 0.707. The Balaban J connectivity index is 2.09. The Labute approximate surface area is 121 Å². The lowest BCUT2D eigenvalue weighted by molar-refractivity contribution is 0.475. The van der Waals surface area contributed by atoms with E-state index in [9.17, 15) is 0 Å². The van der Waals surface area contributed by atoms with Crippen LogP contribution >= 0.6 is 11.8 Å². The van der Waals surface area contributed by atoms with Crippen LogP contribution in [0.4, 0.5) is 5.69 Å². The number of nitrogen functional groups attached to an aromatic ring is 1. The SMILES string of the molecule is CSc1ccccc1Oc1ccc(N)c2cccnc12. The summed E-state index contributed by atoms with van der Waals surface area (Å²) in [6.07, 6.45) is 3.77. The van der Waals surface area contributed by atoms with Gasteiger partial charge in [-0.1, -0.05) is 12.1 Å². The predicted octanol–water partition coefficient (Wildman–Crippen LogP) is 4.33. The van der Waals surface area contributed by atoms with Gasteiger partial charge in [0, 0.05) is 22.2 Å². The number of nitrogens with two attached hydrogens (primary N) is 1. The van der Waals surface area contributed by atoms with Gasteiger partial charge in [0.05, 0.1) is 0 Å². The first-order valence-corrected chi connectivity index (χ1v) is 7.46. The predicted molar refractivity (Wildman–Crippen MR) is 84.5 cm³/mol. The van der Waals surface area contributed by atoms with Crippen LogP contribution in [-0.4, -0.2) is 11.2 Å². The van der Waals surface area contributed by atoms with Crippen molar-refractivity contribution in [1.82, 2.24) is 4.98 Å². The molecular weight excluding hydrogens is 268 g/mol. The Bertz CT molecular complexity index is 758. The minimum Gasteiger partial charge on any atom is -0.454 e. The van der Waals surface area contributed by atoms with Crippen LogP contribution in [0.25, 0.3) is 10.9 Å². The second-order valence-corrected chi connectivity index (χ2v) is 5.15. The smallest absolute Gasteiger partial charge is 0.153 e. The van der Waals surface area contributed by atoms with E-state index in [1.807, 2.05) is 54.8 Å². The number of aromatic nitrogens is 1. The van der Waals surface area contributed by atoms with Gasteiger partial charge in [-0.3, -0.25) is 4.98 Å².